The van der Waals surface area contributed by atoms with Gasteiger partial charge in [-0.15, -0.1) is 11.3 Å². The molecule has 1 unspecified atom stereocenters. The fraction of sp³-hybridized carbons (Fsp3) is 0.643. The van der Waals surface area contributed by atoms with E-state index < -0.39 is 9.84 Å². The van der Waals surface area contributed by atoms with Crippen LogP contribution in [0.15, 0.2) is 12.1 Å². The van der Waals surface area contributed by atoms with Crippen molar-refractivity contribution in [1.82, 2.24) is 10.2 Å². The number of thiophene rings is 1. The Hall–Kier alpha value is -0.630. The second-order valence-electron chi connectivity index (χ2n) is 5.94. The number of carbonyl (C=O) groups excluding carboxylic acids is 1. The summed E-state index contributed by atoms with van der Waals surface area (Å²) in [5, 5.41) is 3.04. The topological polar surface area (TPSA) is 66.5 Å². The van der Waals surface area contributed by atoms with E-state index in [1.807, 2.05) is 0 Å². The summed E-state index contributed by atoms with van der Waals surface area (Å²) in [4.78, 5) is 15.0. The lowest BCUT2D eigenvalue weighted by Gasteiger charge is -2.35. The van der Waals surface area contributed by atoms with Crippen molar-refractivity contribution in [1.29, 1.82) is 0 Å². The molecule has 1 aromatic rings. The third-order valence-electron chi connectivity index (χ3n) is 4.39. The van der Waals surface area contributed by atoms with Crippen molar-refractivity contribution in [3.63, 3.8) is 0 Å². The molecule has 1 N–H and O–H groups in total. The van der Waals surface area contributed by atoms with Gasteiger partial charge >= 0.3 is 0 Å². The third-order valence-corrected chi connectivity index (χ3v) is 7.37. The highest BCUT2D eigenvalue weighted by atomic mass is 35.5. The maximum absolute atomic E-state index is 12.1. The third kappa shape index (κ3) is 3.82. The number of hydrogen-bond acceptors (Lipinski definition) is 5. The second kappa shape index (κ2) is 6.47. The number of piperidine rings is 1. The molecule has 0 aliphatic carbocycles. The summed E-state index contributed by atoms with van der Waals surface area (Å²) in [6, 6.07) is 3.78. The molecule has 2 saturated heterocycles. The molecule has 0 bridgehead atoms. The number of hydrogen-bond donors (Lipinski definition) is 1. The number of halogens is 1. The molecule has 0 radical (unpaired) electrons. The van der Waals surface area contributed by atoms with Crippen LogP contribution in [0.4, 0.5) is 0 Å². The Morgan fingerprint density at radius 1 is 1.27 bits per heavy atom. The minimum Gasteiger partial charge on any atom is -0.349 e. The van der Waals surface area contributed by atoms with E-state index in [1.165, 1.54) is 11.3 Å². The van der Waals surface area contributed by atoms with Gasteiger partial charge in [0.25, 0.3) is 5.91 Å². The number of nitrogens with one attached hydrogen (secondary N) is 1. The van der Waals surface area contributed by atoms with E-state index in [4.69, 9.17) is 11.6 Å². The molecule has 22 heavy (non-hydrogen) atoms. The summed E-state index contributed by atoms with van der Waals surface area (Å²) >= 11 is 7.13. The second-order valence-corrected chi connectivity index (χ2v) is 9.89. The highest BCUT2D eigenvalue weighted by Gasteiger charge is 2.34. The van der Waals surface area contributed by atoms with E-state index in [0.29, 0.717) is 15.0 Å². The molecule has 5 nitrogen and oxygen atoms in total. The molecule has 122 valence electrons. The maximum atomic E-state index is 12.1. The quantitative estimate of drug-likeness (QED) is 0.890. The van der Waals surface area contributed by atoms with Crippen LogP contribution in [0.5, 0.6) is 0 Å². The van der Waals surface area contributed by atoms with Crippen molar-refractivity contribution >= 4 is 38.7 Å². The van der Waals surface area contributed by atoms with Gasteiger partial charge in [-0.3, -0.25) is 9.69 Å². The van der Waals surface area contributed by atoms with Crippen molar-refractivity contribution in [2.24, 2.45) is 0 Å². The maximum Gasteiger partial charge on any atom is 0.261 e. The van der Waals surface area contributed by atoms with Crippen molar-refractivity contribution in [2.75, 3.05) is 24.6 Å². The fourth-order valence-corrected chi connectivity index (χ4v) is 5.87. The first kappa shape index (κ1) is 16.2. The molecule has 0 saturated carbocycles. The summed E-state index contributed by atoms with van der Waals surface area (Å²) in [6.45, 7) is 1.69. The summed E-state index contributed by atoms with van der Waals surface area (Å²) in [7, 11) is -2.83. The van der Waals surface area contributed by atoms with Crippen LogP contribution in [0.25, 0.3) is 0 Å². The Morgan fingerprint density at radius 3 is 2.55 bits per heavy atom. The zero-order valence-corrected chi connectivity index (χ0v) is 14.5. The molecule has 1 amide bonds. The van der Waals surface area contributed by atoms with Gasteiger partial charge in [0, 0.05) is 25.2 Å². The zero-order valence-electron chi connectivity index (χ0n) is 12.1. The van der Waals surface area contributed by atoms with Gasteiger partial charge in [0.1, 0.15) is 0 Å². The average molecular weight is 363 g/mol. The predicted octanol–water partition coefficient (Wildman–Crippen LogP) is 1.78. The van der Waals surface area contributed by atoms with Gasteiger partial charge in [-0.1, -0.05) is 11.6 Å². The molecular formula is C14H19ClN2O3S2. The molecule has 2 aliphatic heterocycles. The highest BCUT2D eigenvalue weighted by molar-refractivity contribution is 7.91. The number of amides is 1. The number of sulfone groups is 1. The van der Waals surface area contributed by atoms with Crippen LogP contribution >= 0.6 is 22.9 Å². The van der Waals surface area contributed by atoms with Gasteiger partial charge in [0.2, 0.25) is 0 Å². The van der Waals surface area contributed by atoms with Crippen LogP contribution in [-0.4, -0.2) is 55.9 Å². The Kier molecular flexibility index (Phi) is 4.77. The molecule has 1 aromatic heterocycles. The smallest absolute Gasteiger partial charge is 0.261 e. The fourth-order valence-electron chi connectivity index (χ4n) is 3.17. The molecule has 2 fully saturated rings. The van der Waals surface area contributed by atoms with Crippen molar-refractivity contribution in [3.05, 3.63) is 21.3 Å². The first-order valence-corrected chi connectivity index (χ1v) is 10.5. The molecule has 0 spiro atoms. The lowest BCUT2D eigenvalue weighted by molar-refractivity contribution is 0.0902. The monoisotopic (exact) mass is 362 g/mol. The lowest BCUT2D eigenvalue weighted by Crippen LogP contribution is -2.48. The first-order chi connectivity index (χ1) is 10.4. The predicted molar refractivity (Wildman–Crippen MR) is 88.4 cm³/mol. The van der Waals surface area contributed by atoms with Crippen LogP contribution in [0.3, 0.4) is 0 Å². The van der Waals surface area contributed by atoms with Gasteiger partial charge in [-0.2, -0.15) is 0 Å². The largest absolute Gasteiger partial charge is 0.349 e. The number of rotatable bonds is 3. The van der Waals surface area contributed by atoms with E-state index in [9.17, 15) is 13.2 Å². The Labute approximate surface area is 139 Å². The lowest BCUT2D eigenvalue weighted by atomic mass is 10.0. The Bertz CT molecular complexity index is 651. The minimum atomic E-state index is -2.83. The molecule has 8 heteroatoms. The molecular weight excluding hydrogens is 344 g/mol. The Balaban J connectivity index is 1.49. The van der Waals surface area contributed by atoms with E-state index in [2.05, 4.69) is 10.2 Å². The van der Waals surface area contributed by atoms with Crippen molar-refractivity contribution in [2.45, 2.75) is 31.3 Å². The summed E-state index contributed by atoms with van der Waals surface area (Å²) in [6.07, 6.45) is 2.47. The summed E-state index contributed by atoms with van der Waals surface area (Å²) in [5.74, 6) is 0.532. The van der Waals surface area contributed by atoms with Crippen LogP contribution in [0.1, 0.15) is 28.9 Å². The van der Waals surface area contributed by atoms with Gasteiger partial charge in [0.15, 0.2) is 9.84 Å². The number of nitrogens with zero attached hydrogens (tertiary/aromatic N) is 1. The van der Waals surface area contributed by atoms with Crippen LogP contribution < -0.4 is 5.32 Å². The SMILES string of the molecule is O=C(NC1CCN(C2CCS(=O)(=O)C2)CC1)c1ccc(Cl)s1. The summed E-state index contributed by atoms with van der Waals surface area (Å²) in [5.41, 5.74) is 0. The van der Waals surface area contributed by atoms with Crippen molar-refractivity contribution < 1.29 is 13.2 Å². The average Bonchev–Trinajstić information content (AvgIpc) is 3.05. The van der Waals surface area contributed by atoms with Gasteiger partial charge < -0.3 is 5.32 Å². The van der Waals surface area contributed by atoms with Gasteiger partial charge in [-0.05, 0) is 31.4 Å². The van der Waals surface area contributed by atoms with Crippen molar-refractivity contribution in [3.8, 4) is 0 Å². The molecule has 3 heterocycles. The molecule has 3 rings (SSSR count). The van der Waals surface area contributed by atoms with E-state index in [0.717, 1.165) is 32.4 Å². The van der Waals surface area contributed by atoms with Gasteiger partial charge in [0.05, 0.1) is 20.7 Å². The molecule has 1 atom stereocenters. The first-order valence-electron chi connectivity index (χ1n) is 7.44. The number of carbonyl (C=O) groups is 1. The molecule has 0 aromatic carbocycles. The Morgan fingerprint density at radius 2 is 2.00 bits per heavy atom. The van der Waals surface area contributed by atoms with Crippen LogP contribution in [-0.2, 0) is 9.84 Å². The van der Waals surface area contributed by atoms with Crippen LogP contribution in [0.2, 0.25) is 4.34 Å². The van der Waals surface area contributed by atoms with E-state index in [-0.39, 0.29) is 23.7 Å². The minimum absolute atomic E-state index is 0.0706. The summed E-state index contributed by atoms with van der Waals surface area (Å²) < 4.78 is 23.7. The highest BCUT2D eigenvalue weighted by Crippen LogP contribution is 2.24. The van der Waals surface area contributed by atoms with Crippen LogP contribution in [0, 0.1) is 0 Å². The van der Waals surface area contributed by atoms with Gasteiger partial charge in [-0.25, -0.2) is 8.42 Å². The molecule has 2 aliphatic rings. The standard InChI is InChI=1S/C14H19ClN2O3S2/c15-13-2-1-12(21-13)14(18)16-10-3-6-17(7-4-10)11-5-8-22(19,20)9-11/h1-2,10-11H,3-9H2,(H,16,18). The zero-order chi connectivity index (χ0) is 15.7. The number of likely N-dealkylation sites (tertiary alicyclic amines) is 1. The van der Waals surface area contributed by atoms with E-state index in [1.54, 1.807) is 12.1 Å². The normalized spacial score (nSPS) is 26.1. The van der Waals surface area contributed by atoms with E-state index >= 15 is 0 Å².